The summed E-state index contributed by atoms with van der Waals surface area (Å²) in [5, 5.41) is 4.40. The summed E-state index contributed by atoms with van der Waals surface area (Å²) in [6.45, 7) is 0. The molecule has 0 unspecified atom stereocenters. The largest absolute Gasteiger partial charge is 0.334 e. The van der Waals surface area contributed by atoms with Crippen LogP contribution in [0, 0.1) is 0 Å². The second kappa shape index (κ2) is 5.68. The first kappa shape index (κ1) is 6.68. The number of hydrogen-bond donors (Lipinski definition) is 2. The monoisotopic (exact) mass is 114 g/mol. The predicted octanol–water partition coefficient (Wildman–Crippen LogP) is -1.05. The lowest BCUT2D eigenvalue weighted by Gasteiger charge is -1.81. The lowest BCUT2D eigenvalue weighted by Crippen LogP contribution is -2.04. The van der Waals surface area contributed by atoms with Crippen LogP contribution in [0.3, 0.4) is 0 Å². The summed E-state index contributed by atoms with van der Waals surface area (Å²) in [5.74, 6) is 0. The molecule has 0 spiro atoms. The second-order valence-electron chi connectivity index (χ2n) is 0.902. The molecule has 0 saturated heterocycles. The number of nitrogens with one attached hydrogen (secondary N) is 2. The van der Waals surface area contributed by atoms with E-state index in [4.69, 9.17) is 0 Å². The summed E-state index contributed by atoms with van der Waals surface area (Å²) in [6.07, 6.45) is 3.62. The highest BCUT2D eigenvalue weighted by Crippen LogP contribution is 1.51. The fraction of sp³-hybridized carbons (Fsp3) is 0. The van der Waals surface area contributed by atoms with Crippen LogP contribution in [0.1, 0.15) is 0 Å². The first-order valence-corrected chi connectivity index (χ1v) is 1.96. The van der Waals surface area contributed by atoms with E-state index in [1.54, 1.807) is 0 Å². The molecule has 0 rings (SSSR count). The standard InChI is InChI=1S/C4H6N2O2/c7-3-5-1-2-6-4-8/h1-4H,(H,5,7)(H,6,8). The van der Waals surface area contributed by atoms with Gasteiger partial charge in [-0.3, -0.25) is 9.59 Å². The van der Waals surface area contributed by atoms with Gasteiger partial charge in [0.1, 0.15) is 0 Å². The van der Waals surface area contributed by atoms with E-state index in [1.165, 1.54) is 12.4 Å². The smallest absolute Gasteiger partial charge is 0.211 e. The maximum absolute atomic E-state index is 9.49. The number of rotatable bonds is 4. The van der Waals surface area contributed by atoms with E-state index in [-0.39, 0.29) is 0 Å². The number of carbonyl (C=O) groups excluding carboxylic acids is 2. The van der Waals surface area contributed by atoms with E-state index in [1.807, 2.05) is 0 Å². The van der Waals surface area contributed by atoms with Crippen LogP contribution in [-0.2, 0) is 9.59 Å². The maximum Gasteiger partial charge on any atom is 0.211 e. The van der Waals surface area contributed by atoms with E-state index in [9.17, 15) is 9.59 Å². The predicted molar refractivity (Wildman–Crippen MR) is 27.5 cm³/mol. The van der Waals surface area contributed by atoms with Gasteiger partial charge in [-0.1, -0.05) is 0 Å². The van der Waals surface area contributed by atoms with Gasteiger partial charge in [0, 0.05) is 12.4 Å². The molecule has 0 fully saturated rings. The quantitative estimate of drug-likeness (QED) is 0.458. The van der Waals surface area contributed by atoms with Crippen LogP contribution in [0.2, 0.25) is 0 Å². The van der Waals surface area contributed by atoms with Crippen LogP contribution in [0.25, 0.3) is 0 Å². The van der Waals surface area contributed by atoms with Crippen molar-refractivity contribution in [2.24, 2.45) is 0 Å². The summed E-state index contributed by atoms with van der Waals surface area (Å²) in [4.78, 5) is 19.0. The van der Waals surface area contributed by atoms with Gasteiger partial charge in [-0.15, -0.1) is 0 Å². The van der Waals surface area contributed by atoms with Gasteiger partial charge in [0.15, 0.2) is 0 Å². The fourth-order valence-corrected chi connectivity index (χ4v) is 0.175. The normalized spacial score (nSPS) is 8.50. The average molecular weight is 114 g/mol. The van der Waals surface area contributed by atoms with Gasteiger partial charge in [0.05, 0.1) is 0 Å². The van der Waals surface area contributed by atoms with Crippen LogP contribution in [0.5, 0.6) is 0 Å². The van der Waals surface area contributed by atoms with E-state index in [0.717, 1.165) is 0 Å². The zero-order chi connectivity index (χ0) is 6.24. The van der Waals surface area contributed by atoms with Crippen molar-refractivity contribution < 1.29 is 9.59 Å². The highest BCUT2D eigenvalue weighted by molar-refractivity contribution is 5.50. The van der Waals surface area contributed by atoms with Gasteiger partial charge >= 0.3 is 0 Å². The van der Waals surface area contributed by atoms with Crippen LogP contribution in [0.4, 0.5) is 0 Å². The van der Waals surface area contributed by atoms with Gasteiger partial charge in [-0.05, 0) is 0 Å². The van der Waals surface area contributed by atoms with E-state index in [2.05, 4.69) is 10.6 Å². The Morgan fingerprint density at radius 3 is 1.50 bits per heavy atom. The summed E-state index contributed by atoms with van der Waals surface area (Å²) >= 11 is 0. The van der Waals surface area contributed by atoms with Crippen LogP contribution < -0.4 is 10.6 Å². The van der Waals surface area contributed by atoms with Crippen molar-refractivity contribution in [1.82, 2.24) is 10.6 Å². The molecule has 0 radical (unpaired) electrons. The van der Waals surface area contributed by atoms with E-state index >= 15 is 0 Å². The molecule has 2 amide bonds. The molecule has 2 N–H and O–H groups in total. The Bertz CT molecular complexity index is 88.2. The average Bonchev–Trinajstić information content (AvgIpc) is 1.81. The molecule has 0 bridgehead atoms. The third kappa shape index (κ3) is 4.68. The highest BCUT2D eigenvalue weighted by Gasteiger charge is 1.64. The third-order valence-electron chi connectivity index (χ3n) is 0.412. The Kier molecular flexibility index (Phi) is 4.74. The molecule has 8 heavy (non-hydrogen) atoms. The molecular formula is C4H6N2O2. The lowest BCUT2D eigenvalue weighted by atomic mass is 10.9. The molecule has 44 valence electrons. The number of carbonyl (C=O) groups is 2. The summed E-state index contributed by atoms with van der Waals surface area (Å²) in [6, 6.07) is 0. The first-order valence-electron chi connectivity index (χ1n) is 1.96. The molecule has 0 aliphatic heterocycles. The van der Waals surface area contributed by atoms with Gasteiger partial charge in [-0.2, -0.15) is 0 Å². The minimum atomic E-state index is 0.503. The summed E-state index contributed by atoms with van der Waals surface area (Å²) in [5.41, 5.74) is 0. The zero-order valence-corrected chi connectivity index (χ0v) is 4.13. The lowest BCUT2D eigenvalue weighted by molar-refractivity contribution is -0.109. The van der Waals surface area contributed by atoms with Crippen molar-refractivity contribution in [2.45, 2.75) is 0 Å². The molecular weight excluding hydrogens is 108 g/mol. The molecule has 0 saturated carbocycles. The molecule has 4 heteroatoms. The Morgan fingerprint density at radius 1 is 0.875 bits per heavy atom. The molecule has 0 aliphatic rings. The Labute approximate surface area is 46.6 Å². The van der Waals surface area contributed by atoms with Crippen LogP contribution >= 0.6 is 0 Å². The van der Waals surface area contributed by atoms with Gasteiger partial charge in [0.25, 0.3) is 0 Å². The molecule has 4 nitrogen and oxygen atoms in total. The van der Waals surface area contributed by atoms with Crippen molar-refractivity contribution >= 4 is 12.8 Å². The topological polar surface area (TPSA) is 58.2 Å². The molecule has 0 aliphatic carbocycles. The fourth-order valence-electron chi connectivity index (χ4n) is 0.175. The van der Waals surface area contributed by atoms with Gasteiger partial charge < -0.3 is 10.6 Å². The molecule has 0 atom stereocenters. The molecule has 0 aromatic rings. The second-order valence-corrected chi connectivity index (χ2v) is 0.902. The van der Waals surface area contributed by atoms with Gasteiger partial charge in [0.2, 0.25) is 12.8 Å². The van der Waals surface area contributed by atoms with Crippen molar-refractivity contribution in [3.05, 3.63) is 12.4 Å². The number of hydrogen-bond acceptors (Lipinski definition) is 2. The summed E-state index contributed by atoms with van der Waals surface area (Å²) in [7, 11) is 0. The SMILES string of the molecule is O=CNC=CNC=O. The first-order chi connectivity index (χ1) is 3.91. The van der Waals surface area contributed by atoms with E-state index < -0.39 is 0 Å². The third-order valence-corrected chi connectivity index (χ3v) is 0.412. The van der Waals surface area contributed by atoms with Crippen molar-refractivity contribution in [3.8, 4) is 0 Å². The Morgan fingerprint density at radius 2 is 1.25 bits per heavy atom. The van der Waals surface area contributed by atoms with Crippen molar-refractivity contribution in [1.29, 1.82) is 0 Å². The highest BCUT2D eigenvalue weighted by atomic mass is 16.1. The number of amides is 2. The molecule has 0 aromatic heterocycles. The van der Waals surface area contributed by atoms with Crippen LogP contribution in [-0.4, -0.2) is 12.8 Å². The van der Waals surface area contributed by atoms with Crippen LogP contribution in [0.15, 0.2) is 12.4 Å². The zero-order valence-electron chi connectivity index (χ0n) is 4.13. The Hall–Kier alpha value is -1.32. The molecule has 0 heterocycles. The van der Waals surface area contributed by atoms with Crippen molar-refractivity contribution in [3.63, 3.8) is 0 Å². The minimum absolute atomic E-state index is 0.503. The Balaban J connectivity index is 3.06. The molecule has 0 aromatic carbocycles. The minimum Gasteiger partial charge on any atom is -0.334 e. The summed E-state index contributed by atoms with van der Waals surface area (Å²) < 4.78 is 0. The van der Waals surface area contributed by atoms with E-state index in [0.29, 0.717) is 12.8 Å². The van der Waals surface area contributed by atoms with Crippen molar-refractivity contribution in [2.75, 3.05) is 0 Å². The van der Waals surface area contributed by atoms with Gasteiger partial charge in [-0.25, -0.2) is 0 Å². The maximum atomic E-state index is 9.49.